The van der Waals surface area contributed by atoms with Crippen LogP contribution in [0.1, 0.15) is 5.56 Å². The molecule has 3 heteroatoms. The summed E-state index contributed by atoms with van der Waals surface area (Å²) in [7, 11) is 1.40. The lowest BCUT2D eigenvalue weighted by Crippen LogP contribution is -2.05. The van der Waals surface area contributed by atoms with Gasteiger partial charge in [-0.1, -0.05) is 12.1 Å². The summed E-state index contributed by atoms with van der Waals surface area (Å²) in [6.07, 6.45) is 0. The second-order valence-electron chi connectivity index (χ2n) is 2.14. The Morgan fingerprint density at radius 1 is 1.42 bits per heavy atom. The van der Waals surface area contributed by atoms with Crippen molar-refractivity contribution in [2.75, 3.05) is 7.11 Å². The smallest absolute Gasteiger partial charge is 0.238 e. The molecule has 0 saturated carbocycles. The summed E-state index contributed by atoms with van der Waals surface area (Å²) in [5.74, 6) is 0.191. The summed E-state index contributed by atoms with van der Waals surface area (Å²) in [6.45, 7) is 0. The average molecular weight is 161 g/mol. The van der Waals surface area contributed by atoms with Crippen LogP contribution < -0.4 is 10.2 Å². The highest BCUT2D eigenvalue weighted by molar-refractivity contribution is 5.34. The van der Waals surface area contributed by atoms with Gasteiger partial charge in [-0.3, -0.25) is 4.79 Å². The highest BCUT2D eigenvalue weighted by Crippen LogP contribution is 2.01. The number of methoxy groups -OCH3 is 1. The molecule has 12 heavy (non-hydrogen) atoms. The summed E-state index contributed by atoms with van der Waals surface area (Å²) in [5, 5.41) is 8.54. The minimum absolute atomic E-state index is 0.0943. The molecular weight excluding hydrogens is 154 g/mol. The first-order valence-corrected chi connectivity index (χ1v) is 3.37. The molecule has 60 valence electrons. The molecule has 3 nitrogen and oxygen atoms in total. The van der Waals surface area contributed by atoms with Crippen LogP contribution in [-0.4, -0.2) is 7.11 Å². The van der Waals surface area contributed by atoms with Crippen LogP contribution in [0.5, 0.6) is 5.75 Å². The SMILES string of the molecule is COc1ccccc(C#N)c1=O. The summed E-state index contributed by atoms with van der Waals surface area (Å²) in [6, 6.07) is 8.07. The lowest BCUT2D eigenvalue weighted by Gasteiger charge is -1.91. The van der Waals surface area contributed by atoms with Crippen molar-refractivity contribution in [3.05, 3.63) is 40.1 Å². The van der Waals surface area contributed by atoms with E-state index in [1.54, 1.807) is 18.2 Å². The number of rotatable bonds is 1. The van der Waals surface area contributed by atoms with E-state index in [-0.39, 0.29) is 16.7 Å². The van der Waals surface area contributed by atoms with Gasteiger partial charge in [0.25, 0.3) is 0 Å². The zero-order valence-electron chi connectivity index (χ0n) is 6.57. The maximum Gasteiger partial charge on any atom is 0.238 e. The van der Waals surface area contributed by atoms with Crippen molar-refractivity contribution in [2.24, 2.45) is 0 Å². The Labute approximate surface area is 69.8 Å². The fourth-order valence-corrected chi connectivity index (χ4v) is 0.828. The second-order valence-corrected chi connectivity index (χ2v) is 2.14. The van der Waals surface area contributed by atoms with E-state index < -0.39 is 0 Å². The molecule has 0 heterocycles. The van der Waals surface area contributed by atoms with Gasteiger partial charge < -0.3 is 4.74 Å². The van der Waals surface area contributed by atoms with Gasteiger partial charge >= 0.3 is 0 Å². The van der Waals surface area contributed by atoms with Crippen molar-refractivity contribution >= 4 is 0 Å². The van der Waals surface area contributed by atoms with Crippen LogP contribution in [0.15, 0.2) is 29.1 Å². The molecule has 0 amide bonds. The van der Waals surface area contributed by atoms with Crippen molar-refractivity contribution in [1.82, 2.24) is 0 Å². The van der Waals surface area contributed by atoms with Crippen molar-refractivity contribution in [2.45, 2.75) is 0 Å². The molecule has 0 fully saturated rings. The van der Waals surface area contributed by atoms with Gasteiger partial charge in [0.15, 0.2) is 5.75 Å². The first-order valence-electron chi connectivity index (χ1n) is 3.37. The third kappa shape index (κ3) is 1.43. The van der Waals surface area contributed by atoms with E-state index >= 15 is 0 Å². The topological polar surface area (TPSA) is 50.1 Å². The maximum atomic E-state index is 11.3. The third-order valence-electron chi connectivity index (χ3n) is 1.43. The Kier molecular flexibility index (Phi) is 2.44. The van der Waals surface area contributed by atoms with Crippen molar-refractivity contribution in [3.8, 4) is 11.8 Å². The van der Waals surface area contributed by atoms with E-state index in [4.69, 9.17) is 10.00 Å². The Morgan fingerprint density at radius 3 is 2.67 bits per heavy atom. The zero-order chi connectivity index (χ0) is 8.97. The predicted octanol–water partition coefficient (Wildman–Crippen LogP) is 0.927. The van der Waals surface area contributed by atoms with Crippen molar-refractivity contribution < 1.29 is 4.74 Å². The second kappa shape index (κ2) is 3.54. The van der Waals surface area contributed by atoms with Gasteiger partial charge in [0.05, 0.1) is 7.11 Å². The number of nitriles is 1. The van der Waals surface area contributed by atoms with Crippen LogP contribution in [0.3, 0.4) is 0 Å². The normalized spacial score (nSPS) is 8.67. The Balaban J connectivity index is 3.50. The van der Waals surface area contributed by atoms with Gasteiger partial charge in [-0.15, -0.1) is 0 Å². The summed E-state index contributed by atoms with van der Waals surface area (Å²) >= 11 is 0. The Bertz CT molecular complexity index is 379. The molecule has 0 bridgehead atoms. The molecule has 1 rings (SSSR count). The molecule has 0 N–H and O–H groups in total. The van der Waals surface area contributed by atoms with Crippen LogP contribution in [-0.2, 0) is 0 Å². The lowest BCUT2D eigenvalue weighted by molar-refractivity contribution is 0.411. The van der Waals surface area contributed by atoms with Crippen molar-refractivity contribution in [3.63, 3.8) is 0 Å². The molecule has 0 aromatic heterocycles. The lowest BCUT2D eigenvalue weighted by atomic mass is 10.3. The van der Waals surface area contributed by atoms with Gasteiger partial charge in [0.2, 0.25) is 5.43 Å². The fraction of sp³-hybridized carbons (Fsp3) is 0.111. The third-order valence-corrected chi connectivity index (χ3v) is 1.43. The Hall–Kier alpha value is -1.82. The average Bonchev–Trinajstić information content (AvgIpc) is 2.27. The van der Waals surface area contributed by atoms with Crippen molar-refractivity contribution in [1.29, 1.82) is 5.26 Å². The molecule has 0 radical (unpaired) electrons. The summed E-state index contributed by atoms with van der Waals surface area (Å²) in [5.41, 5.74) is -0.276. The van der Waals surface area contributed by atoms with E-state index in [1.165, 1.54) is 19.2 Å². The monoisotopic (exact) mass is 161 g/mol. The molecular formula is C9H7NO2. The highest BCUT2D eigenvalue weighted by Gasteiger charge is 2.00. The quantitative estimate of drug-likeness (QED) is 0.615. The van der Waals surface area contributed by atoms with Gasteiger partial charge in [0, 0.05) is 0 Å². The standard InChI is InChI=1S/C9H7NO2/c1-12-8-5-3-2-4-7(6-10)9(8)11/h2-5H,1H3. The molecule has 1 aromatic carbocycles. The van der Waals surface area contributed by atoms with E-state index in [1.807, 2.05) is 0 Å². The molecule has 0 spiro atoms. The maximum absolute atomic E-state index is 11.3. The minimum atomic E-state index is -0.370. The molecule has 1 aromatic rings. The first-order chi connectivity index (χ1) is 5.79. The van der Waals surface area contributed by atoms with Crippen LogP contribution in [0, 0.1) is 11.3 Å². The zero-order valence-corrected chi connectivity index (χ0v) is 6.57. The van der Waals surface area contributed by atoms with Gasteiger partial charge in [-0.25, -0.2) is 0 Å². The largest absolute Gasteiger partial charge is 0.493 e. The van der Waals surface area contributed by atoms with E-state index in [9.17, 15) is 4.79 Å². The van der Waals surface area contributed by atoms with Gasteiger partial charge in [0.1, 0.15) is 11.6 Å². The molecule has 0 saturated heterocycles. The molecule has 0 unspecified atom stereocenters. The number of hydrogen-bond donors (Lipinski definition) is 0. The van der Waals surface area contributed by atoms with Gasteiger partial charge in [-0.2, -0.15) is 5.26 Å². The van der Waals surface area contributed by atoms with E-state index in [0.717, 1.165) is 0 Å². The Morgan fingerprint density at radius 2 is 2.08 bits per heavy atom. The van der Waals surface area contributed by atoms with Crippen LogP contribution in [0.4, 0.5) is 0 Å². The highest BCUT2D eigenvalue weighted by atomic mass is 16.5. The number of ether oxygens (including phenoxy) is 1. The van der Waals surface area contributed by atoms with Crippen LogP contribution in [0.2, 0.25) is 0 Å². The molecule has 0 atom stereocenters. The predicted molar refractivity (Wildman–Crippen MR) is 44.0 cm³/mol. The minimum Gasteiger partial charge on any atom is -0.493 e. The molecule has 0 aliphatic rings. The summed E-state index contributed by atoms with van der Waals surface area (Å²) < 4.78 is 4.78. The molecule has 0 aliphatic heterocycles. The fourth-order valence-electron chi connectivity index (χ4n) is 0.828. The van der Waals surface area contributed by atoms with Crippen LogP contribution >= 0.6 is 0 Å². The first kappa shape index (κ1) is 8.28. The molecule has 0 aliphatic carbocycles. The van der Waals surface area contributed by atoms with E-state index in [0.29, 0.717) is 0 Å². The summed E-state index contributed by atoms with van der Waals surface area (Å²) in [4.78, 5) is 11.3. The van der Waals surface area contributed by atoms with Crippen LogP contribution in [0.25, 0.3) is 0 Å². The van der Waals surface area contributed by atoms with Gasteiger partial charge in [-0.05, 0) is 12.1 Å². The number of hydrogen-bond acceptors (Lipinski definition) is 3. The number of nitrogens with zero attached hydrogens (tertiary/aromatic N) is 1. The van der Waals surface area contributed by atoms with E-state index in [2.05, 4.69) is 0 Å².